The maximum atomic E-state index is 11.8. The molecule has 2 aromatic rings. The van der Waals surface area contributed by atoms with Crippen LogP contribution in [0.4, 0.5) is 5.69 Å². The number of rotatable bonds is 4. The number of amides is 1. The van der Waals surface area contributed by atoms with Crippen molar-refractivity contribution in [2.24, 2.45) is 5.10 Å². The lowest BCUT2D eigenvalue weighted by atomic mass is 10.2. The highest BCUT2D eigenvalue weighted by Gasteiger charge is 2.08. The third kappa shape index (κ3) is 3.58. The predicted octanol–water partition coefficient (Wildman–Crippen LogP) is 2.09. The first kappa shape index (κ1) is 15.5. The second-order valence-electron chi connectivity index (χ2n) is 4.16. The van der Waals surface area contributed by atoms with Crippen LogP contribution in [0.2, 0.25) is 5.02 Å². The summed E-state index contributed by atoms with van der Waals surface area (Å²) in [4.78, 5) is 21.6. The Bertz CT molecular complexity index is 744. The van der Waals surface area contributed by atoms with E-state index >= 15 is 0 Å². The van der Waals surface area contributed by atoms with E-state index in [-0.39, 0.29) is 5.56 Å². The van der Waals surface area contributed by atoms with Crippen LogP contribution in [-0.4, -0.2) is 17.0 Å². The van der Waals surface area contributed by atoms with E-state index in [1.54, 1.807) is 12.1 Å². The lowest BCUT2D eigenvalue weighted by Crippen LogP contribution is -2.17. The Balaban J connectivity index is 2.10. The second-order valence-corrected chi connectivity index (χ2v) is 4.60. The van der Waals surface area contributed by atoms with Crippen molar-refractivity contribution in [3.8, 4) is 5.75 Å². The third-order valence-corrected chi connectivity index (χ3v) is 2.95. The number of hydrazone groups is 1. The topological polar surface area (TPSA) is 108 Å². The normalized spacial score (nSPS) is 10.6. The minimum Gasteiger partial charge on any atom is -0.867 e. The van der Waals surface area contributed by atoms with E-state index in [4.69, 9.17) is 11.6 Å². The molecule has 7 nitrogen and oxygen atoms in total. The molecule has 0 fully saturated rings. The Morgan fingerprint density at radius 3 is 2.55 bits per heavy atom. The standard InChI is InChI=1S/C14H10ClN3O4/c15-11-6-4-9(5-7-11)14(20)17-16-8-10-2-1-3-12(13(10)19)18(21)22/h1-8,19H,(H,17,20)/p-1/b16-8+. The minimum atomic E-state index is -0.772. The molecule has 1 amide bonds. The monoisotopic (exact) mass is 318 g/mol. The Morgan fingerprint density at radius 1 is 1.23 bits per heavy atom. The molecule has 0 heterocycles. The molecule has 1 N–H and O–H groups in total. The number of nitro benzene ring substituents is 1. The van der Waals surface area contributed by atoms with Crippen molar-refractivity contribution >= 4 is 29.4 Å². The maximum Gasteiger partial charge on any atom is 0.271 e. The van der Waals surface area contributed by atoms with Gasteiger partial charge in [0.15, 0.2) is 0 Å². The molecule has 0 aromatic heterocycles. The van der Waals surface area contributed by atoms with Gasteiger partial charge in [-0.2, -0.15) is 5.10 Å². The number of carbonyl (C=O) groups is 1. The zero-order valence-corrected chi connectivity index (χ0v) is 11.8. The van der Waals surface area contributed by atoms with Crippen molar-refractivity contribution in [3.05, 3.63) is 68.7 Å². The molecule has 22 heavy (non-hydrogen) atoms. The first-order valence-electron chi connectivity index (χ1n) is 6.02. The van der Waals surface area contributed by atoms with E-state index in [1.807, 2.05) is 0 Å². The quantitative estimate of drug-likeness (QED) is 0.529. The molecule has 8 heteroatoms. The largest absolute Gasteiger partial charge is 0.867 e. The van der Waals surface area contributed by atoms with Crippen LogP contribution in [0.1, 0.15) is 15.9 Å². The Morgan fingerprint density at radius 2 is 1.91 bits per heavy atom. The summed E-state index contributed by atoms with van der Waals surface area (Å²) in [6.45, 7) is 0. The van der Waals surface area contributed by atoms with E-state index in [9.17, 15) is 20.0 Å². The fourth-order valence-corrected chi connectivity index (χ4v) is 1.74. The fourth-order valence-electron chi connectivity index (χ4n) is 1.61. The summed E-state index contributed by atoms with van der Waals surface area (Å²) in [5.74, 6) is -1.26. The van der Waals surface area contributed by atoms with Gasteiger partial charge in [0.25, 0.3) is 11.6 Å². The molecule has 0 saturated heterocycles. The minimum absolute atomic E-state index is 0.00519. The van der Waals surface area contributed by atoms with Gasteiger partial charge in [0.1, 0.15) is 0 Å². The molecule has 0 saturated carbocycles. The molecule has 0 atom stereocenters. The Labute approximate surface area is 130 Å². The van der Waals surface area contributed by atoms with E-state index in [1.165, 1.54) is 24.3 Å². The highest BCUT2D eigenvalue weighted by molar-refractivity contribution is 6.30. The number of nitrogens with zero attached hydrogens (tertiary/aromatic N) is 2. The molecule has 2 rings (SSSR count). The summed E-state index contributed by atoms with van der Waals surface area (Å²) in [5.41, 5.74) is 2.01. The summed E-state index contributed by atoms with van der Waals surface area (Å²) in [7, 11) is 0. The molecular formula is C14H9ClN3O4-. The van der Waals surface area contributed by atoms with Crippen LogP contribution in [0.3, 0.4) is 0 Å². The number of carbonyl (C=O) groups excluding carboxylic acids is 1. The summed E-state index contributed by atoms with van der Waals surface area (Å²) in [6, 6.07) is 9.97. The molecule has 0 spiro atoms. The lowest BCUT2D eigenvalue weighted by molar-refractivity contribution is -0.398. The van der Waals surface area contributed by atoms with Crippen LogP contribution in [-0.2, 0) is 0 Å². The average molecular weight is 319 g/mol. The molecule has 0 aliphatic heterocycles. The van der Waals surface area contributed by atoms with Crippen LogP contribution in [0, 0.1) is 10.1 Å². The number of hydrogen-bond donors (Lipinski definition) is 1. The van der Waals surface area contributed by atoms with Gasteiger partial charge in [-0.25, -0.2) is 5.43 Å². The summed E-state index contributed by atoms with van der Waals surface area (Å²) >= 11 is 5.71. The highest BCUT2D eigenvalue weighted by atomic mass is 35.5. The van der Waals surface area contributed by atoms with Crippen molar-refractivity contribution < 1.29 is 14.8 Å². The number of hydrogen-bond acceptors (Lipinski definition) is 5. The van der Waals surface area contributed by atoms with E-state index in [2.05, 4.69) is 10.5 Å². The van der Waals surface area contributed by atoms with E-state index in [0.29, 0.717) is 10.6 Å². The summed E-state index contributed by atoms with van der Waals surface area (Å²) in [5, 5.41) is 26.5. The Kier molecular flexibility index (Phi) is 4.70. The third-order valence-electron chi connectivity index (χ3n) is 2.70. The van der Waals surface area contributed by atoms with Gasteiger partial charge in [0, 0.05) is 16.7 Å². The van der Waals surface area contributed by atoms with Gasteiger partial charge < -0.3 is 5.11 Å². The maximum absolute atomic E-state index is 11.8. The molecule has 2 aromatic carbocycles. The smallest absolute Gasteiger partial charge is 0.271 e. The van der Waals surface area contributed by atoms with E-state index in [0.717, 1.165) is 12.3 Å². The van der Waals surface area contributed by atoms with Gasteiger partial charge in [-0.05, 0) is 35.6 Å². The second kappa shape index (κ2) is 6.68. The zero-order chi connectivity index (χ0) is 16.1. The SMILES string of the molecule is O=C(N/N=C/c1cccc([N+](=O)[O-])c1[O-])c1ccc(Cl)cc1. The summed E-state index contributed by atoms with van der Waals surface area (Å²) < 4.78 is 0. The van der Waals surface area contributed by atoms with Gasteiger partial charge in [-0.15, -0.1) is 0 Å². The van der Waals surface area contributed by atoms with Crippen molar-refractivity contribution in [2.45, 2.75) is 0 Å². The van der Waals surface area contributed by atoms with Gasteiger partial charge in [0.2, 0.25) is 0 Å². The number of nitrogens with one attached hydrogen (secondary N) is 1. The van der Waals surface area contributed by atoms with Gasteiger partial charge >= 0.3 is 0 Å². The fraction of sp³-hybridized carbons (Fsp3) is 0. The summed E-state index contributed by atoms with van der Waals surface area (Å²) in [6.07, 6.45) is 1.06. The van der Waals surface area contributed by atoms with E-state index < -0.39 is 22.3 Å². The molecule has 0 radical (unpaired) electrons. The van der Waals surface area contributed by atoms with Crippen molar-refractivity contribution in [3.63, 3.8) is 0 Å². The van der Waals surface area contributed by atoms with Gasteiger partial charge in [-0.1, -0.05) is 23.7 Å². The molecule has 0 bridgehead atoms. The predicted molar refractivity (Wildman–Crippen MR) is 79.1 cm³/mol. The van der Waals surface area contributed by atoms with Crippen molar-refractivity contribution in [1.29, 1.82) is 0 Å². The van der Waals surface area contributed by atoms with Gasteiger partial charge in [-0.3, -0.25) is 14.9 Å². The van der Waals surface area contributed by atoms with Gasteiger partial charge in [0.05, 0.1) is 11.1 Å². The van der Waals surface area contributed by atoms with Crippen LogP contribution in [0.5, 0.6) is 5.75 Å². The molecule has 0 aliphatic carbocycles. The Hall–Kier alpha value is -2.93. The molecular weight excluding hydrogens is 310 g/mol. The molecule has 112 valence electrons. The van der Waals surface area contributed by atoms with Crippen molar-refractivity contribution in [2.75, 3.05) is 0 Å². The number of benzene rings is 2. The first-order chi connectivity index (χ1) is 10.5. The number of nitro groups is 1. The van der Waals surface area contributed by atoms with Crippen molar-refractivity contribution in [1.82, 2.24) is 5.43 Å². The number of halogens is 1. The highest BCUT2D eigenvalue weighted by Crippen LogP contribution is 2.25. The lowest BCUT2D eigenvalue weighted by Gasteiger charge is -2.09. The first-order valence-corrected chi connectivity index (χ1v) is 6.40. The number of para-hydroxylation sites is 1. The molecule has 0 aliphatic rings. The molecule has 0 unspecified atom stereocenters. The van der Waals surface area contributed by atoms with Crippen LogP contribution >= 0.6 is 11.6 Å². The zero-order valence-electron chi connectivity index (χ0n) is 11.0. The van der Waals surface area contributed by atoms with Crippen LogP contribution < -0.4 is 10.5 Å². The van der Waals surface area contributed by atoms with Crippen LogP contribution in [0.25, 0.3) is 0 Å². The average Bonchev–Trinajstić information content (AvgIpc) is 2.49. The van der Waals surface area contributed by atoms with Crippen LogP contribution in [0.15, 0.2) is 47.6 Å².